The number of aliphatic hydroxyl groups excluding tert-OH is 1. The lowest BCUT2D eigenvalue weighted by Crippen LogP contribution is -2.50. The molecule has 1 unspecified atom stereocenters. The number of rotatable bonds is 5. The molecule has 5 heteroatoms. The third-order valence-electron chi connectivity index (χ3n) is 2.96. The van der Waals surface area contributed by atoms with Crippen LogP contribution in [0, 0.1) is 5.41 Å². The molecule has 0 radical (unpaired) electrons. The van der Waals surface area contributed by atoms with Crippen molar-refractivity contribution in [1.82, 2.24) is 9.80 Å². The SMILES string of the molecule is CC(CC(=N)N)N1CCN(CCO)CC1. The molecule has 0 aromatic rings. The maximum absolute atomic E-state index is 8.81. The Bertz CT molecular complexity index is 202. The summed E-state index contributed by atoms with van der Waals surface area (Å²) in [5.41, 5.74) is 5.39. The molecular formula is C10H22N4O. The fraction of sp³-hybridized carbons (Fsp3) is 0.900. The van der Waals surface area contributed by atoms with Crippen LogP contribution in [0.2, 0.25) is 0 Å². The third kappa shape index (κ3) is 4.15. The first-order valence-corrected chi connectivity index (χ1v) is 5.53. The number of hydrogen-bond donors (Lipinski definition) is 3. The number of nitrogens with zero attached hydrogens (tertiary/aromatic N) is 2. The number of amidine groups is 1. The van der Waals surface area contributed by atoms with Gasteiger partial charge in [-0.05, 0) is 6.92 Å². The van der Waals surface area contributed by atoms with E-state index in [0.717, 1.165) is 32.7 Å². The second kappa shape index (κ2) is 6.05. The summed E-state index contributed by atoms with van der Waals surface area (Å²) in [5.74, 6) is 0.264. The van der Waals surface area contributed by atoms with Crippen LogP contribution in [0.25, 0.3) is 0 Å². The number of β-amino-alcohol motifs (C(OH)–C–C–N with tert-alkyl or cyclic N) is 1. The monoisotopic (exact) mass is 214 g/mol. The van der Waals surface area contributed by atoms with Gasteiger partial charge < -0.3 is 10.8 Å². The molecule has 0 saturated carbocycles. The van der Waals surface area contributed by atoms with Crippen LogP contribution in [0.1, 0.15) is 13.3 Å². The van der Waals surface area contributed by atoms with Crippen LogP contribution in [0.5, 0.6) is 0 Å². The summed E-state index contributed by atoms with van der Waals surface area (Å²) in [6.07, 6.45) is 0.653. The Morgan fingerprint density at radius 3 is 2.47 bits per heavy atom. The number of piperazine rings is 1. The van der Waals surface area contributed by atoms with Gasteiger partial charge in [-0.2, -0.15) is 0 Å². The van der Waals surface area contributed by atoms with E-state index in [2.05, 4.69) is 16.7 Å². The van der Waals surface area contributed by atoms with Gasteiger partial charge in [0.15, 0.2) is 0 Å². The topological polar surface area (TPSA) is 76.6 Å². The summed E-state index contributed by atoms with van der Waals surface area (Å²) in [4.78, 5) is 4.62. The number of aliphatic hydroxyl groups is 1. The van der Waals surface area contributed by atoms with Gasteiger partial charge in [0.1, 0.15) is 0 Å². The van der Waals surface area contributed by atoms with Crippen molar-refractivity contribution in [2.45, 2.75) is 19.4 Å². The molecular weight excluding hydrogens is 192 g/mol. The van der Waals surface area contributed by atoms with Crippen molar-refractivity contribution in [2.24, 2.45) is 5.73 Å². The second-order valence-electron chi connectivity index (χ2n) is 4.18. The Morgan fingerprint density at radius 2 is 2.00 bits per heavy atom. The standard InChI is InChI=1S/C10H22N4O/c1-9(8-10(11)12)14-4-2-13(3-5-14)6-7-15/h9,15H,2-8H2,1H3,(H3,11,12). The highest BCUT2D eigenvalue weighted by Gasteiger charge is 2.20. The number of nitrogens with one attached hydrogen (secondary N) is 1. The summed E-state index contributed by atoms with van der Waals surface area (Å²) in [6, 6.07) is 0.360. The van der Waals surface area contributed by atoms with E-state index in [4.69, 9.17) is 16.2 Å². The van der Waals surface area contributed by atoms with Crippen molar-refractivity contribution in [2.75, 3.05) is 39.3 Å². The second-order valence-corrected chi connectivity index (χ2v) is 4.18. The molecule has 1 atom stereocenters. The molecule has 1 heterocycles. The Labute approximate surface area is 91.4 Å². The van der Waals surface area contributed by atoms with Crippen molar-refractivity contribution in [3.63, 3.8) is 0 Å². The molecule has 1 fully saturated rings. The summed E-state index contributed by atoms with van der Waals surface area (Å²) >= 11 is 0. The van der Waals surface area contributed by atoms with E-state index in [1.54, 1.807) is 0 Å². The van der Waals surface area contributed by atoms with Gasteiger partial charge in [-0.25, -0.2) is 0 Å². The van der Waals surface area contributed by atoms with E-state index in [1.165, 1.54) is 0 Å². The average molecular weight is 214 g/mol. The summed E-state index contributed by atoms with van der Waals surface area (Å²) in [7, 11) is 0. The van der Waals surface area contributed by atoms with Gasteiger partial charge in [-0.1, -0.05) is 0 Å². The molecule has 0 amide bonds. The highest BCUT2D eigenvalue weighted by molar-refractivity contribution is 5.77. The quantitative estimate of drug-likeness (QED) is 0.418. The van der Waals surface area contributed by atoms with Crippen molar-refractivity contribution in [1.29, 1.82) is 5.41 Å². The fourth-order valence-corrected chi connectivity index (χ4v) is 2.02. The summed E-state index contributed by atoms with van der Waals surface area (Å²) in [6.45, 7) is 7.15. The van der Waals surface area contributed by atoms with Crippen LogP contribution in [0.3, 0.4) is 0 Å². The largest absolute Gasteiger partial charge is 0.395 e. The van der Waals surface area contributed by atoms with Crippen molar-refractivity contribution < 1.29 is 5.11 Å². The van der Waals surface area contributed by atoms with Gasteiger partial charge in [0.25, 0.3) is 0 Å². The minimum atomic E-state index is 0.239. The molecule has 1 aliphatic rings. The van der Waals surface area contributed by atoms with Gasteiger partial charge in [0.05, 0.1) is 12.4 Å². The maximum Gasteiger partial charge on any atom is 0.0920 e. The molecule has 4 N–H and O–H groups in total. The highest BCUT2D eigenvalue weighted by Crippen LogP contribution is 2.08. The molecule has 5 nitrogen and oxygen atoms in total. The molecule has 0 aliphatic carbocycles. The Kier molecular flexibility index (Phi) is 5.01. The lowest BCUT2D eigenvalue weighted by atomic mass is 10.1. The predicted molar refractivity (Wildman–Crippen MR) is 61.1 cm³/mol. The lowest BCUT2D eigenvalue weighted by Gasteiger charge is -2.37. The van der Waals surface area contributed by atoms with Crippen LogP contribution in [-0.4, -0.2) is 66.1 Å². The smallest absolute Gasteiger partial charge is 0.0920 e. The van der Waals surface area contributed by atoms with Gasteiger partial charge >= 0.3 is 0 Å². The van der Waals surface area contributed by atoms with Crippen LogP contribution in [0.4, 0.5) is 0 Å². The van der Waals surface area contributed by atoms with Crippen molar-refractivity contribution in [3.8, 4) is 0 Å². The molecule has 0 aromatic carbocycles. The van der Waals surface area contributed by atoms with E-state index >= 15 is 0 Å². The molecule has 88 valence electrons. The van der Waals surface area contributed by atoms with Crippen LogP contribution >= 0.6 is 0 Å². The molecule has 15 heavy (non-hydrogen) atoms. The zero-order chi connectivity index (χ0) is 11.3. The minimum absolute atomic E-state index is 0.239. The zero-order valence-corrected chi connectivity index (χ0v) is 9.45. The molecule has 1 rings (SSSR count). The van der Waals surface area contributed by atoms with Crippen LogP contribution in [0.15, 0.2) is 0 Å². The summed E-state index contributed by atoms with van der Waals surface area (Å²) < 4.78 is 0. The van der Waals surface area contributed by atoms with E-state index in [0.29, 0.717) is 12.5 Å². The summed E-state index contributed by atoms with van der Waals surface area (Å²) in [5, 5.41) is 16.1. The van der Waals surface area contributed by atoms with Gasteiger partial charge in [-0.3, -0.25) is 15.2 Å². The van der Waals surface area contributed by atoms with E-state index in [-0.39, 0.29) is 12.4 Å². The first-order valence-electron chi connectivity index (χ1n) is 5.53. The average Bonchev–Trinajstić information content (AvgIpc) is 2.18. The van der Waals surface area contributed by atoms with Crippen molar-refractivity contribution in [3.05, 3.63) is 0 Å². The van der Waals surface area contributed by atoms with Gasteiger partial charge in [0, 0.05) is 45.2 Å². The normalized spacial score (nSPS) is 21.5. The van der Waals surface area contributed by atoms with E-state index < -0.39 is 0 Å². The van der Waals surface area contributed by atoms with E-state index in [9.17, 15) is 0 Å². The molecule has 0 bridgehead atoms. The predicted octanol–water partition coefficient (Wildman–Crippen LogP) is -0.689. The van der Waals surface area contributed by atoms with Crippen LogP contribution in [-0.2, 0) is 0 Å². The minimum Gasteiger partial charge on any atom is -0.395 e. The zero-order valence-electron chi connectivity index (χ0n) is 9.45. The molecule has 0 spiro atoms. The van der Waals surface area contributed by atoms with Gasteiger partial charge in [-0.15, -0.1) is 0 Å². The first-order chi connectivity index (χ1) is 7.13. The number of nitrogens with two attached hydrogens (primary N) is 1. The lowest BCUT2D eigenvalue weighted by molar-refractivity contribution is 0.0907. The highest BCUT2D eigenvalue weighted by atomic mass is 16.3. The van der Waals surface area contributed by atoms with Gasteiger partial charge in [0.2, 0.25) is 0 Å². The fourth-order valence-electron chi connectivity index (χ4n) is 2.02. The maximum atomic E-state index is 8.81. The Hall–Kier alpha value is -0.650. The molecule has 0 aromatic heterocycles. The molecule has 1 aliphatic heterocycles. The first kappa shape index (κ1) is 12.4. The Morgan fingerprint density at radius 1 is 1.40 bits per heavy atom. The van der Waals surface area contributed by atoms with Crippen LogP contribution < -0.4 is 5.73 Å². The number of hydrogen-bond acceptors (Lipinski definition) is 4. The van der Waals surface area contributed by atoms with Crippen molar-refractivity contribution >= 4 is 5.84 Å². The van der Waals surface area contributed by atoms with E-state index in [1.807, 2.05) is 0 Å². The molecule has 1 saturated heterocycles. The third-order valence-corrected chi connectivity index (χ3v) is 2.96. The Balaban J connectivity index is 2.27.